The van der Waals surface area contributed by atoms with Crippen molar-refractivity contribution < 1.29 is 0 Å². The van der Waals surface area contributed by atoms with E-state index in [9.17, 15) is 0 Å². The molecule has 3 rings (SSSR count). The lowest BCUT2D eigenvalue weighted by atomic mass is 10.1. The van der Waals surface area contributed by atoms with Crippen LogP contribution in [0.5, 0.6) is 0 Å². The average molecular weight is 284 g/mol. The van der Waals surface area contributed by atoms with Crippen LogP contribution in [0.25, 0.3) is 10.8 Å². The second-order valence-corrected chi connectivity index (χ2v) is 6.16. The Kier molecular flexibility index (Phi) is 4.08. The van der Waals surface area contributed by atoms with Gasteiger partial charge in [0.15, 0.2) is 0 Å². The zero-order valence-electron chi connectivity index (χ0n) is 12.9. The van der Waals surface area contributed by atoms with E-state index in [0.29, 0.717) is 6.54 Å². The van der Waals surface area contributed by atoms with E-state index in [-0.39, 0.29) is 0 Å². The van der Waals surface area contributed by atoms with Gasteiger partial charge in [0.05, 0.1) is 5.69 Å². The molecule has 0 radical (unpaired) electrons. The van der Waals surface area contributed by atoms with Crippen LogP contribution in [-0.4, -0.2) is 43.6 Å². The molecule has 2 N–H and O–H groups in total. The molecule has 1 fully saturated rings. The van der Waals surface area contributed by atoms with E-state index in [1.807, 2.05) is 0 Å². The third-order valence-corrected chi connectivity index (χ3v) is 4.37. The molecule has 1 aliphatic heterocycles. The van der Waals surface area contributed by atoms with E-state index in [0.717, 1.165) is 24.0 Å². The van der Waals surface area contributed by atoms with Gasteiger partial charge in [0.1, 0.15) is 5.82 Å². The topological polar surface area (TPSA) is 45.4 Å². The van der Waals surface area contributed by atoms with Gasteiger partial charge in [-0.15, -0.1) is 0 Å². The van der Waals surface area contributed by atoms with Crippen molar-refractivity contribution in [3.63, 3.8) is 0 Å². The number of aromatic nitrogens is 1. The maximum Gasteiger partial charge on any atom is 0.136 e. The highest BCUT2D eigenvalue weighted by atomic mass is 15.2. The van der Waals surface area contributed by atoms with Gasteiger partial charge < -0.3 is 15.5 Å². The number of anilines is 1. The molecule has 2 heterocycles. The number of likely N-dealkylation sites (tertiary alicyclic amines) is 1. The Morgan fingerprint density at radius 3 is 2.90 bits per heavy atom. The average Bonchev–Trinajstić information content (AvgIpc) is 2.91. The van der Waals surface area contributed by atoms with Crippen molar-refractivity contribution in [1.82, 2.24) is 9.88 Å². The van der Waals surface area contributed by atoms with E-state index in [4.69, 9.17) is 10.7 Å². The van der Waals surface area contributed by atoms with Crippen LogP contribution in [0, 0.1) is 5.92 Å². The summed E-state index contributed by atoms with van der Waals surface area (Å²) in [6, 6.07) is 10.5. The van der Waals surface area contributed by atoms with Crippen LogP contribution in [0.1, 0.15) is 12.1 Å². The summed E-state index contributed by atoms with van der Waals surface area (Å²) in [6.45, 7) is 3.92. The summed E-state index contributed by atoms with van der Waals surface area (Å²) in [5.74, 6) is 1.78. The molecule has 4 nitrogen and oxygen atoms in total. The van der Waals surface area contributed by atoms with Gasteiger partial charge in [0.2, 0.25) is 0 Å². The predicted octanol–water partition coefficient (Wildman–Crippen LogP) is 2.08. The van der Waals surface area contributed by atoms with E-state index in [1.165, 1.54) is 30.3 Å². The molecule has 0 spiro atoms. The molecule has 0 bridgehead atoms. The van der Waals surface area contributed by atoms with Gasteiger partial charge in [0, 0.05) is 32.1 Å². The van der Waals surface area contributed by atoms with Gasteiger partial charge in [-0.3, -0.25) is 0 Å². The number of benzene rings is 1. The SMILES string of the molecule is CN1CCC(CN(C)c2nc(CN)cc3ccccc23)C1. The van der Waals surface area contributed by atoms with Crippen molar-refractivity contribution in [2.45, 2.75) is 13.0 Å². The quantitative estimate of drug-likeness (QED) is 0.933. The highest BCUT2D eigenvalue weighted by molar-refractivity contribution is 5.92. The Hall–Kier alpha value is -1.65. The molecule has 112 valence electrons. The van der Waals surface area contributed by atoms with Crippen LogP contribution in [-0.2, 0) is 6.54 Å². The van der Waals surface area contributed by atoms with Gasteiger partial charge in [-0.05, 0) is 37.4 Å². The van der Waals surface area contributed by atoms with Gasteiger partial charge in [0.25, 0.3) is 0 Å². The first-order valence-electron chi connectivity index (χ1n) is 7.66. The first kappa shape index (κ1) is 14.3. The minimum Gasteiger partial charge on any atom is -0.359 e. The van der Waals surface area contributed by atoms with Crippen LogP contribution in [0.4, 0.5) is 5.82 Å². The minimum atomic E-state index is 0.484. The van der Waals surface area contributed by atoms with E-state index < -0.39 is 0 Å². The maximum absolute atomic E-state index is 5.80. The van der Waals surface area contributed by atoms with Crippen LogP contribution in [0.2, 0.25) is 0 Å². The normalized spacial score (nSPS) is 19.3. The van der Waals surface area contributed by atoms with Gasteiger partial charge in [-0.1, -0.05) is 24.3 Å². The summed E-state index contributed by atoms with van der Waals surface area (Å²) in [7, 11) is 4.34. The van der Waals surface area contributed by atoms with Crippen molar-refractivity contribution in [3.8, 4) is 0 Å². The Labute approximate surface area is 126 Å². The first-order chi connectivity index (χ1) is 10.2. The number of hydrogen-bond donors (Lipinski definition) is 1. The standard InChI is InChI=1S/C17H24N4/c1-20-8-7-13(11-20)12-21(2)17-16-6-4-3-5-14(16)9-15(10-18)19-17/h3-6,9,13H,7-8,10-12,18H2,1-2H3. The molecule has 1 aliphatic rings. The molecule has 0 amide bonds. The highest BCUT2D eigenvalue weighted by Gasteiger charge is 2.22. The summed E-state index contributed by atoms with van der Waals surface area (Å²) in [5, 5.41) is 2.43. The fraction of sp³-hybridized carbons (Fsp3) is 0.471. The van der Waals surface area contributed by atoms with Crippen LogP contribution >= 0.6 is 0 Å². The van der Waals surface area contributed by atoms with Gasteiger partial charge in [-0.25, -0.2) is 4.98 Å². The third kappa shape index (κ3) is 3.01. The molecular weight excluding hydrogens is 260 g/mol. The molecule has 0 saturated carbocycles. The van der Waals surface area contributed by atoms with Crippen molar-refractivity contribution in [2.75, 3.05) is 38.6 Å². The van der Waals surface area contributed by atoms with Crippen LogP contribution in [0.3, 0.4) is 0 Å². The molecule has 1 aromatic carbocycles. The second kappa shape index (κ2) is 6.00. The Morgan fingerprint density at radius 1 is 1.38 bits per heavy atom. The number of fused-ring (bicyclic) bond motifs is 1. The number of nitrogens with two attached hydrogens (primary N) is 1. The minimum absolute atomic E-state index is 0.484. The smallest absolute Gasteiger partial charge is 0.136 e. The summed E-state index contributed by atoms with van der Waals surface area (Å²) >= 11 is 0. The maximum atomic E-state index is 5.80. The molecule has 4 heteroatoms. The highest BCUT2D eigenvalue weighted by Crippen LogP contribution is 2.26. The lowest BCUT2D eigenvalue weighted by Crippen LogP contribution is -2.28. The Balaban J connectivity index is 1.90. The largest absolute Gasteiger partial charge is 0.359 e. The summed E-state index contributed by atoms with van der Waals surface area (Å²) in [5.41, 5.74) is 6.76. The Morgan fingerprint density at radius 2 is 2.19 bits per heavy atom. The molecule has 1 atom stereocenters. The lowest BCUT2D eigenvalue weighted by molar-refractivity contribution is 0.395. The summed E-state index contributed by atoms with van der Waals surface area (Å²) in [4.78, 5) is 9.47. The number of pyridine rings is 1. The third-order valence-electron chi connectivity index (χ3n) is 4.37. The lowest BCUT2D eigenvalue weighted by Gasteiger charge is -2.24. The van der Waals surface area contributed by atoms with Crippen molar-refractivity contribution >= 4 is 16.6 Å². The van der Waals surface area contributed by atoms with Crippen LogP contribution < -0.4 is 10.6 Å². The van der Waals surface area contributed by atoms with Crippen molar-refractivity contribution in [1.29, 1.82) is 0 Å². The molecular formula is C17H24N4. The molecule has 1 unspecified atom stereocenters. The van der Waals surface area contributed by atoms with Crippen molar-refractivity contribution in [2.24, 2.45) is 11.7 Å². The first-order valence-corrected chi connectivity index (χ1v) is 7.66. The van der Waals surface area contributed by atoms with E-state index >= 15 is 0 Å². The van der Waals surface area contributed by atoms with Gasteiger partial charge >= 0.3 is 0 Å². The fourth-order valence-electron chi connectivity index (χ4n) is 3.28. The van der Waals surface area contributed by atoms with Crippen molar-refractivity contribution in [3.05, 3.63) is 36.0 Å². The number of rotatable bonds is 4. The zero-order chi connectivity index (χ0) is 14.8. The monoisotopic (exact) mass is 284 g/mol. The second-order valence-electron chi connectivity index (χ2n) is 6.16. The molecule has 1 saturated heterocycles. The fourth-order valence-corrected chi connectivity index (χ4v) is 3.28. The molecule has 1 aromatic heterocycles. The summed E-state index contributed by atoms with van der Waals surface area (Å²) < 4.78 is 0. The molecule has 2 aromatic rings. The van der Waals surface area contributed by atoms with E-state index in [1.54, 1.807) is 0 Å². The predicted molar refractivity (Wildman–Crippen MR) is 88.5 cm³/mol. The van der Waals surface area contributed by atoms with E-state index in [2.05, 4.69) is 54.2 Å². The molecule has 0 aliphatic carbocycles. The zero-order valence-corrected chi connectivity index (χ0v) is 12.9. The summed E-state index contributed by atoms with van der Waals surface area (Å²) in [6.07, 6.45) is 1.27. The Bertz CT molecular complexity index is 625. The number of nitrogens with zero attached hydrogens (tertiary/aromatic N) is 3. The van der Waals surface area contributed by atoms with Crippen LogP contribution in [0.15, 0.2) is 30.3 Å². The van der Waals surface area contributed by atoms with Gasteiger partial charge in [-0.2, -0.15) is 0 Å². The molecule has 21 heavy (non-hydrogen) atoms. The number of hydrogen-bond acceptors (Lipinski definition) is 4.